The van der Waals surface area contributed by atoms with Crippen LogP contribution in [0.25, 0.3) is 0 Å². The van der Waals surface area contributed by atoms with Crippen LogP contribution in [0.2, 0.25) is 0 Å². The van der Waals surface area contributed by atoms with Gasteiger partial charge in [-0.05, 0) is 12.2 Å². The van der Waals surface area contributed by atoms with Crippen LogP contribution >= 0.6 is 12.1 Å². The van der Waals surface area contributed by atoms with Gasteiger partial charge in [0.05, 0.1) is 23.5 Å². The van der Waals surface area contributed by atoms with Gasteiger partial charge in [0.2, 0.25) is 6.08 Å². The molecule has 5 heteroatoms. The van der Waals surface area contributed by atoms with Crippen LogP contribution in [0, 0.1) is 0 Å². The maximum atomic E-state index is 9.94. The fourth-order valence-electron chi connectivity index (χ4n) is 0.948. The average molecular weight is 179 g/mol. The Bertz CT molecular complexity index is 339. The molecule has 0 unspecified atom stereocenters. The van der Waals surface area contributed by atoms with Gasteiger partial charge in [0.25, 0.3) is 0 Å². The van der Waals surface area contributed by atoms with Crippen LogP contribution in [0.5, 0.6) is 0 Å². The molecule has 2 heterocycles. The zero-order valence-corrected chi connectivity index (χ0v) is 6.84. The Labute approximate surface area is 73.6 Å². The SMILES string of the molecule is O=C=NC1=CC2=CNSN2C=C1. The summed E-state index contributed by atoms with van der Waals surface area (Å²) < 4.78 is 4.91. The molecule has 2 aliphatic heterocycles. The molecule has 0 radical (unpaired) electrons. The fourth-order valence-corrected chi connectivity index (χ4v) is 1.57. The maximum Gasteiger partial charge on any atom is 0.240 e. The van der Waals surface area contributed by atoms with E-state index in [4.69, 9.17) is 0 Å². The lowest BCUT2D eigenvalue weighted by molar-refractivity contribution is 0.564. The van der Waals surface area contributed by atoms with Gasteiger partial charge in [-0.3, -0.25) is 4.31 Å². The first-order chi connectivity index (χ1) is 5.90. The van der Waals surface area contributed by atoms with Crippen molar-refractivity contribution in [3.8, 4) is 0 Å². The molecule has 0 amide bonds. The molecule has 0 spiro atoms. The second kappa shape index (κ2) is 2.89. The lowest BCUT2D eigenvalue weighted by atomic mass is 10.3. The third-order valence-corrected chi connectivity index (χ3v) is 2.22. The molecule has 4 nitrogen and oxygen atoms in total. The summed E-state index contributed by atoms with van der Waals surface area (Å²) in [5.74, 6) is 0. The molecule has 60 valence electrons. The van der Waals surface area contributed by atoms with Crippen LogP contribution in [-0.2, 0) is 4.79 Å². The molecule has 0 fully saturated rings. The molecule has 1 N–H and O–H groups in total. The molecule has 0 aromatic rings. The summed E-state index contributed by atoms with van der Waals surface area (Å²) >= 11 is 1.47. The summed E-state index contributed by atoms with van der Waals surface area (Å²) in [6, 6.07) is 0. The highest BCUT2D eigenvalue weighted by atomic mass is 32.2. The van der Waals surface area contributed by atoms with Crippen molar-refractivity contribution in [2.24, 2.45) is 4.99 Å². The number of rotatable bonds is 1. The van der Waals surface area contributed by atoms with E-state index in [0.29, 0.717) is 5.70 Å². The van der Waals surface area contributed by atoms with Gasteiger partial charge < -0.3 is 4.72 Å². The first-order valence-corrected chi connectivity index (χ1v) is 4.07. The summed E-state index contributed by atoms with van der Waals surface area (Å²) in [5, 5.41) is 0. The Kier molecular flexibility index (Phi) is 1.74. The number of fused-ring (bicyclic) bond motifs is 1. The van der Waals surface area contributed by atoms with E-state index in [1.807, 2.05) is 16.7 Å². The van der Waals surface area contributed by atoms with E-state index in [0.717, 1.165) is 5.70 Å². The highest BCUT2D eigenvalue weighted by Gasteiger charge is 2.15. The Morgan fingerprint density at radius 2 is 2.58 bits per heavy atom. The smallest absolute Gasteiger partial charge is 0.240 e. The number of hydrogen-bond acceptors (Lipinski definition) is 5. The standard InChI is InChI=1S/C7H5N3OS/c11-5-8-6-1-2-10-7(3-6)4-9-12-10/h1-4,9H. The number of isocyanates is 1. The minimum absolute atomic E-state index is 0.622. The van der Waals surface area contributed by atoms with E-state index in [-0.39, 0.29) is 0 Å². The number of nitrogens with zero attached hydrogens (tertiary/aromatic N) is 2. The third-order valence-electron chi connectivity index (χ3n) is 1.46. The Morgan fingerprint density at radius 3 is 3.42 bits per heavy atom. The van der Waals surface area contributed by atoms with Gasteiger partial charge in [-0.25, -0.2) is 4.79 Å². The molecular formula is C7H5N3OS. The van der Waals surface area contributed by atoms with Gasteiger partial charge in [0.15, 0.2) is 0 Å². The number of aliphatic imine (C=N–C) groups is 1. The molecular weight excluding hydrogens is 174 g/mol. The summed E-state index contributed by atoms with van der Waals surface area (Å²) in [5.41, 5.74) is 1.60. The van der Waals surface area contributed by atoms with Gasteiger partial charge >= 0.3 is 0 Å². The predicted molar refractivity (Wildman–Crippen MR) is 46.0 cm³/mol. The van der Waals surface area contributed by atoms with Crippen LogP contribution in [0.1, 0.15) is 0 Å². The van der Waals surface area contributed by atoms with Gasteiger partial charge in [-0.2, -0.15) is 4.99 Å². The summed E-state index contributed by atoms with van der Waals surface area (Å²) in [6.07, 6.45) is 8.74. The number of nitrogens with one attached hydrogen (secondary N) is 1. The summed E-state index contributed by atoms with van der Waals surface area (Å²) in [6.45, 7) is 0. The largest absolute Gasteiger partial charge is 0.316 e. The van der Waals surface area contributed by atoms with Crippen LogP contribution in [0.15, 0.2) is 40.9 Å². The number of hydrogen-bond donors (Lipinski definition) is 1. The molecule has 2 aliphatic rings. The average Bonchev–Trinajstić information content (AvgIpc) is 2.51. The van der Waals surface area contributed by atoms with E-state index in [2.05, 4.69) is 9.71 Å². The van der Waals surface area contributed by atoms with E-state index >= 15 is 0 Å². The molecule has 0 saturated carbocycles. The number of carbonyl (C=O) groups excluding carboxylic acids is 1. The lowest BCUT2D eigenvalue weighted by Crippen LogP contribution is -2.05. The van der Waals surface area contributed by atoms with Crippen molar-refractivity contribution in [2.75, 3.05) is 0 Å². The van der Waals surface area contributed by atoms with E-state index in [9.17, 15) is 4.79 Å². The van der Waals surface area contributed by atoms with Crippen molar-refractivity contribution in [1.82, 2.24) is 9.03 Å². The Morgan fingerprint density at radius 1 is 1.67 bits per heavy atom. The molecule has 0 aromatic heterocycles. The zero-order valence-electron chi connectivity index (χ0n) is 6.02. The molecule has 0 aromatic carbocycles. The van der Waals surface area contributed by atoms with Crippen LogP contribution in [-0.4, -0.2) is 10.4 Å². The molecule has 0 atom stereocenters. The van der Waals surface area contributed by atoms with Gasteiger partial charge in [-0.15, -0.1) is 0 Å². The first kappa shape index (κ1) is 7.21. The van der Waals surface area contributed by atoms with Crippen LogP contribution in [0.3, 0.4) is 0 Å². The highest BCUT2D eigenvalue weighted by Crippen LogP contribution is 2.27. The quantitative estimate of drug-likeness (QED) is 0.371. The lowest BCUT2D eigenvalue weighted by Gasteiger charge is -2.14. The van der Waals surface area contributed by atoms with Crippen molar-refractivity contribution < 1.29 is 4.79 Å². The van der Waals surface area contributed by atoms with E-state index < -0.39 is 0 Å². The second-order valence-corrected chi connectivity index (χ2v) is 3.00. The van der Waals surface area contributed by atoms with Crippen molar-refractivity contribution in [3.05, 3.63) is 35.9 Å². The van der Waals surface area contributed by atoms with Crippen molar-refractivity contribution in [3.63, 3.8) is 0 Å². The molecule has 0 saturated heterocycles. The van der Waals surface area contributed by atoms with Gasteiger partial charge in [-0.1, -0.05) is 0 Å². The van der Waals surface area contributed by atoms with E-state index in [1.165, 1.54) is 18.2 Å². The fraction of sp³-hybridized carbons (Fsp3) is 0. The number of allylic oxidation sites excluding steroid dienone is 2. The topological polar surface area (TPSA) is 44.7 Å². The van der Waals surface area contributed by atoms with E-state index in [1.54, 1.807) is 12.2 Å². The van der Waals surface area contributed by atoms with Crippen molar-refractivity contribution in [2.45, 2.75) is 0 Å². The summed E-state index contributed by atoms with van der Waals surface area (Å²) in [4.78, 5) is 13.5. The highest BCUT2D eigenvalue weighted by molar-refractivity contribution is 7.95. The van der Waals surface area contributed by atoms with Crippen molar-refractivity contribution in [1.29, 1.82) is 0 Å². The van der Waals surface area contributed by atoms with Gasteiger partial charge in [0.1, 0.15) is 0 Å². The molecule has 12 heavy (non-hydrogen) atoms. The maximum absolute atomic E-state index is 9.94. The minimum atomic E-state index is 0.622. The molecule has 2 rings (SSSR count). The molecule has 0 bridgehead atoms. The zero-order chi connectivity index (χ0) is 8.39. The molecule has 0 aliphatic carbocycles. The van der Waals surface area contributed by atoms with Crippen LogP contribution < -0.4 is 4.72 Å². The Hall–Kier alpha value is -1.45. The third kappa shape index (κ3) is 1.15. The van der Waals surface area contributed by atoms with Gasteiger partial charge in [0, 0.05) is 12.4 Å². The second-order valence-electron chi connectivity index (χ2n) is 2.19. The Balaban J connectivity index is 2.30. The minimum Gasteiger partial charge on any atom is -0.316 e. The summed E-state index contributed by atoms with van der Waals surface area (Å²) in [7, 11) is 0. The first-order valence-electron chi connectivity index (χ1n) is 3.30. The normalized spacial score (nSPS) is 18.8. The van der Waals surface area contributed by atoms with Crippen molar-refractivity contribution >= 4 is 18.2 Å². The monoisotopic (exact) mass is 179 g/mol. The predicted octanol–water partition coefficient (Wildman–Crippen LogP) is 1.04. The van der Waals surface area contributed by atoms with Crippen LogP contribution in [0.4, 0.5) is 0 Å².